The van der Waals surface area contributed by atoms with Crippen LogP contribution in [0.15, 0.2) is 17.0 Å². The van der Waals surface area contributed by atoms with E-state index >= 15 is 0 Å². The Kier molecular flexibility index (Phi) is 5.56. The highest BCUT2D eigenvalue weighted by atomic mass is 32.1. The van der Waals surface area contributed by atoms with Crippen LogP contribution in [0.2, 0.25) is 19.6 Å². The number of hydrogen-bond donors (Lipinski definition) is 2. The topological polar surface area (TPSA) is 15.3 Å². The molecule has 0 spiro atoms. The van der Waals surface area contributed by atoms with E-state index in [4.69, 9.17) is 0 Å². The van der Waals surface area contributed by atoms with Gasteiger partial charge in [0.25, 0.3) is 0 Å². The van der Waals surface area contributed by atoms with Gasteiger partial charge in [0.1, 0.15) is 8.07 Å². The summed E-state index contributed by atoms with van der Waals surface area (Å²) in [5, 5.41) is 3.40. The molecule has 4 heteroatoms. The summed E-state index contributed by atoms with van der Waals surface area (Å²) in [4.78, 5) is 3.56. The first-order valence-electron chi connectivity index (χ1n) is 7.64. The molecule has 1 saturated heterocycles. The summed E-state index contributed by atoms with van der Waals surface area (Å²) in [5.74, 6) is 3.36. The van der Waals surface area contributed by atoms with Crippen molar-refractivity contribution in [3.05, 3.63) is 28.8 Å². The maximum absolute atomic E-state index is 4.63. The zero-order valence-corrected chi connectivity index (χ0v) is 15.5. The Bertz CT molecular complexity index is 561. The van der Waals surface area contributed by atoms with E-state index in [-0.39, 0.29) is 0 Å². The first-order valence-corrected chi connectivity index (χ1v) is 11.6. The van der Waals surface area contributed by atoms with Crippen LogP contribution >= 0.6 is 12.6 Å². The van der Waals surface area contributed by atoms with Gasteiger partial charge in [-0.25, -0.2) is 0 Å². The van der Waals surface area contributed by atoms with E-state index in [2.05, 4.69) is 73.0 Å². The van der Waals surface area contributed by atoms with Crippen molar-refractivity contribution >= 4 is 20.7 Å². The monoisotopic (exact) mass is 318 g/mol. The first-order chi connectivity index (χ1) is 9.85. The summed E-state index contributed by atoms with van der Waals surface area (Å²) in [6, 6.07) is 4.36. The van der Waals surface area contributed by atoms with Crippen LogP contribution in [-0.2, 0) is 6.54 Å². The van der Waals surface area contributed by atoms with Crippen LogP contribution in [0.4, 0.5) is 0 Å². The number of hydrogen-bond acceptors (Lipinski definition) is 3. The number of thiol groups is 1. The lowest BCUT2D eigenvalue weighted by Gasteiger charge is -2.28. The zero-order chi connectivity index (χ0) is 15.5. The van der Waals surface area contributed by atoms with Crippen LogP contribution in [0.25, 0.3) is 0 Å². The van der Waals surface area contributed by atoms with Crippen LogP contribution in [0.3, 0.4) is 0 Å². The second-order valence-corrected chi connectivity index (χ2v) is 12.0. The minimum Gasteiger partial charge on any atom is -0.314 e. The summed E-state index contributed by atoms with van der Waals surface area (Å²) >= 11 is 4.63. The van der Waals surface area contributed by atoms with Crippen LogP contribution in [0, 0.1) is 18.4 Å². The van der Waals surface area contributed by atoms with Gasteiger partial charge in [0.2, 0.25) is 0 Å². The fourth-order valence-electron chi connectivity index (χ4n) is 2.36. The number of nitrogens with one attached hydrogen (secondary N) is 1. The molecule has 2 rings (SSSR count). The van der Waals surface area contributed by atoms with Gasteiger partial charge in [0.15, 0.2) is 0 Å². The highest BCUT2D eigenvalue weighted by Crippen LogP contribution is 2.21. The molecule has 0 atom stereocenters. The van der Waals surface area contributed by atoms with E-state index in [1.54, 1.807) is 0 Å². The Balaban J connectivity index is 2.23. The molecule has 1 aromatic carbocycles. The number of piperazine rings is 1. The van der Waals surface area contributed by atoms with Crippen LogP contribution in [0.1, 0.15) is 16.7 Å². The summed E-state index contributed by atoms with van der Waals surface area (Å²) < 4.78 is 0. The third kappa shape index (κ3) is 5.19. The minimum atomic E-state index is -1.34. The minimum absolute atomic E-state index is 1.00. The van der Waals surface area contributed by atoms with Crippen molar-refractivity contribution in [2.24, 2.45) is 0 Å². The quantitative estimate of drug-likeness (QED) is 0.495. The molecule has 0 bridgehead atoms. The highest BCUT2D eigenvalue weighted by molar-refractivity contribution is 7.80. The van der Waals surface area contributed by atoms with Crippen molar-refractivity contribution in [3.63, 3.8) is 0 Å². The number of benzene rings is 1. The average molecular weight is 319 g/mol. The molecule has 0 aliphatic carbocycles. The van der Waals surface area contributed by atoms with Crippen LogP contribution in [-0.4, -0.2) is 39.2 Å². The molecular formula is C17H26N2SSi. The van der Waals surface area contributed by atoms with Gasteiger partial charge in [-0.15, -0.1) is 18.2 Å². The number of rotatable bonds is 2. The molecule has 2 nitrogen and oxygen atoms in total. The lowest BCUT2D eigenvalue weighted by Crippen LogP contribution is -2.43. The van der Waals surface area contributed by atoms with Crippen molar-refractivity contribution in [1.82, 2.24) is 10.2 Å². The molecule has 0 unspecified atom stereocenters. The molecule has 21 heavy (non-hydrogen) atoms. The van der Waals surface area contributed by atoms with E-state index in [9.17, 15) is 0 Å². The van der Waals surface area contributed by atoms with Crippen molar-refractivity contribution < 1.29 is 0 Å². The van der Waals surface area contributed by atoms with E-state index in [1.165, 1.54) is 11.1 Å². The lowest BCUT2D eigenvalue weighted by atomic mass is 10.0. The molecule has 0 aromatic heterocycles. The maximum Gasteiger partial charge on any atom is 0.129 e. The van der Waals surface area contributed by atoms with Crippen molar-refractivity contribution in [3.8, 4) is 11.5 Å². The third-order valence-electron chi connectivity index (χ3n) is 3.67. The molecule has 1 fully saturated rings. The standard InChI is InChI=1S/C17H26N2SSi/c1-14-16(13-19-8-6-18-7-9-19)11-15(12-17(14)20)5-10-21(2,3)4/h11-12,18,20H,6-9,13H2,1-4H3. The fourth-order valence-corrected chi connectivity index (χ4v) is 3.17. The van der Waals surface area contributed by atoms with Gasteiger partial charge in [0, 0.05) is 43.2 Å². The fraction of sp³-hybridized carbons (Fsp3) is 0.529. The summed E-state index contributed by atoms with van der Waals surface area (Å²) in [7, 11) is -1.34. The van der Waals surface area contributed by atoms with E-state index < -0.39 is 8.07 Å². The van der Waals surface area contributed by atoms with Gasteiger partial charge in [-0.2, -0.15) is 0 Å². The Labute approximate surface area is 135 Å². The highest BCUT2D eigenvalue weighted by Gasteiger charge is 2.13. The second-order valence-electron chi connectivity index (χ2n) is 6.81. The molecule has 1 aliphatic heterocycles. The SMILES string of the molecule is Cc1c(S)cc(C#C[Si](C)(C)C)cc1CN1CCNCC1. The van der Waals surface area contributed by atoms with Gasteiger partial charge in [-0.1, -0.05) is 25.6 Å². The van der Waals surface area contributed by atoms with Crippen LogP contribution < -0.4 is 5.32 Å². The molecular weight excluding hydrogens is 292 g/mol. The van der Waals surface area contributed by atoms with Gasteiger partial charge in [0.05, 0.1) is 0 Å². The average Bonchev–Trinajstić information content (AvgIpc) is 2.42. The molecule has 114 valence electrons. The van der Waals surface area contributed by atoms with Gasteiger partial charge in [-0.05, 0) is 30.2 Å². The van der Waals surface area contributed by atoms with Gasteiger partial charge in [-0.3, -0.25) is 4.90 Å². The third-order valence-corrected chi connectivity index (χ3v) is 5.01. The van der Waals surface area contributed by atoms with Crippen LogP contribution in [0.5, 0.6) is 0 Å². The predicted octanol–water partition coefficient (Wildman–Crippen LogP) is 2.92. The lowest BCUT2D eigenvalue weighted by molar-refractivity contribution is 0.232. The van der Waals surface area contributed by atoms with Crippen molar-refractivity contribution in [1.29, 1.82) is 0 Å². The van der Waals surface area contributed by atoms with Gasteiger partial charge < -0.3 is 5.32 Å². The predicted molar refractivity (Wildman–Crippen MR) is 96.8 cm³/mol. The largest absolute Gasteiger partial charge is 0.314 e. The Hall–Kier alpha value is -0.733. The Morgan fingerprint density at radius 3 is 2.52 bits per heavy atom. The molecule has 1 aliphatic rings. The van der Waals surface area contributed by atoms with Gasteiger partial charge >= 0.3 is 0 Å². The van der Waals surface area contributed by atoms with Crippen molar-refractivity contribution in [2.75, 3.05) is 26.2 Å². The molecule has 1 heterocycles. The number of nitrogens with zero attached hydrogens (tertiary/aromatic N) is 1. The summed E-state index contributed by atoms with van der Waals surface area (Å²) in [6.45, 7) is 14.4. The molecule has 0 saturated carbocycles. The summed E-state index contributed by atoms with van der Waals surface area (Å²) in [6.07, 6.45) is 0. The van der Waals surface area contributed by atoms with Crippen molar-refractivity contribution in [2.45, 2.75) is 38.0 Å². The molecule has 0 amide bonds. The molecule has 1 aromatic rings. The zero-order valence-electron chi connectivity index (χ0n) is 13.6. The first kappa shape index (κ1) is 16.6. The Morgan fingerprint density at radius 1 is 1.24 bits per heavy atom. The summed E-state index contributed by atoms with van der Waals surface area (Å²) in [5.41, 5.74) is 7.21. The van der Waals surface area contributed by atoms with E-state index in [0.717, 1.165) is 43.2 Å². The smallest absolute Gasteiger partial charge is 0.129 e. The second kappa shape index (κ2) is 7.02. The molecule has 0 radical (unpaired) electrons. The normalized spacial score (nSPS) is 16.4. The molecule has 1 N–H and O–H groups in total. The van der Waals surface area contributed by atoms with E-state index in [1.807, 2.05) is 0 Å². The van der Waals surface area contributed by atoms with E-state index in [0.29, 0.717) is 0 Å². The Morgan fingerprint density at radius 2 is 1.90 bits per heavy atom. The maximum atomic E-state index is 4.63.